The quantitative estimate of drug-likeness (QED) is 0.672. The van der Waals surface area contributed by atoms with Gasteiger partial charge in [-0.15, -0.1) is 0 Å². The summed E-state index contributed by atoms with van der Waals surface area (Å²) in [6.45, 7) is 1.78. The lowest BCUT2D eigenvalue weighted by Gasteiger charge is -2.15. The van der Waals surface area contributed by atoms with Gasteiger partial charge in [0.15, 0.2) is 12.0 Å². The molecule has 1 nitrogen and oxygen atoms in total. The molecule has 0 saturated heterocycles. The summed E-state index contributed by atoms with van der Waals surface area (Å²) in [5.74, 6) is -0.809. The molecule has 0 aliphatic heterocycles. The van der Waals surface area contributed by atoms with E-state index in [4.69, 9.17) is 0 Å². The molecule has 0 spiro atoms. The average molecular weight is 232 g/mol. The normalized spacial score (nSPS) is 22.4. The predicted molar refractivity (Wildman–Crippen MR) is 60.7 cm³/mol. The van der Waals surface area contributed by atoms with Gasteiger partial charge < -0.3 is 0 Å². The number of ketones is 1. The Labute approximate surface area is 97.5 Å². The van der Waals surface area contributed by atoms with Gasteiger partial charge >= 0.3 is 0 Å². The van der Waals surface area contributed by atoms with Crippen LogP contribution in [0.1, 0.15) is 18.1 Å². The van der Waals surface area contributed by atoms with Crippen LogP contribution >= 0.6 is 0 Å². The molecule has 2 aliphatic rings. The van der Waals surface area contributed by atoms with E-state index in [-0.39, 0.29) is 5.82 Å². The number of hydrogen-bond donors (Lipinski definition) is 0. The van der Waals surface area contributed by atoms with E-state index in [1.54, 1.807) is 13.0 Å². The minimum Gasteiger partial charge on any atom is -0.291 e. The summed E-state index contributed by atoms with van der Waals surface area (Å²) < 4.78 is 26.6. The Morgan fingerprint density at radius 1 is 1.35 bits per heavy atom. The minimum absolute atomic E-state index is 0.325. The van der Waals surface area contributed by atoms with Gasteiger partial charge in [-0.1, -0.05) is 6.07 Å². The lowest BCUT2D eigenvalue weighted by atomic mass is 9.90. The molecule has 86 valence electrons. The van der Waals surface area contributed by atoms with Gasteiger partial charge in [-0.2, -0.15) is 0 Å². The molecule has 0 bridgehead atoms. The highest BCUT2D eigenvalue weighted by atomic mass is 19.1. The first-order valence-electron chi connectivity index (χ1n) is 5.47. The highest BCUT2D eigenvalue weighted by Crippen LogP contribution is 2.41. The molecule has 3 heteroatoms. The van der Waals surface area contributed by atoms with E-state index in [0.29, 0.717) is 12.0 Å². The van der Waals surface area contributed by atoms with E-state index in [9.17, 15) is 13.6 Å². The molecule has 1 aromatic rings. The Balaban J connectivity index is 2.19. The van der Waals surface area contributed by atoms with Gasteiger partial charge in [-0.25, -0.2) is 8.78 Å². The van der Waals surface area contributed by atoms with E-state index in [1.807, 2.05) is 0 Å². The molecule has 1 aromatic carbocycles. The molecule has 0 aromatic heterocycles. The third kappa shape index (κ3) is 1.38. The van der Waals surface area contributed by atoms with E-state index >= 15 is 0 Å². The third-order valence-electron chi connectivity index (χ3n) is 3.34. The van der Waals surface area contributed by atoms with Crippen LogP contribution in [0.3, 0.4) is 0 Å². The molecule has 0 radical (unpaired) electrons. The van der Waals surface area contributed by atoms with Crippen molar-refractivity contribution in [3.8, 4) is 0 Å². The summed E-state index contributed by atoms with van der Waals surface area (Å²) >= 11 is 0. The van der Waals surface area contributed by atoms with Gasteiger partial charge in [-0.3, -0.25) is 4.79 Å². The van der Waals surface area contributed by atoms with Crippen molar-refractivity contribution in [3.05, 3.63) is 52.4 Å². The van der Waals surface area contributed by atoms with Crippen LogP contribution in [-0.2, 0) is 11.2 Å². The van der Waals surface area contributed by atoms with Crippen molar-refractivity contribution >= 4 is 11.4 Å². The first-order chi connectivity index (χ1) is 8.08. The zero-order valence-corrected chi connectivity index (χ0v) is 9.26. The molecule has 3 rings (SSSR count). The molecule has 0 amide bonds. The number of benzene rings is 1. The molecule has 17 heavy (non-hydrogen) atoms. The fraction of sp³-hybridized carbons (Fsp3) is 0.214. The number of allylic oxidation sites excluding steroid dienone is 4. The van der Waals surface area contributed by atoms with Crippen molar-refractivity contribution < 1.29 is 13.6 Å². The maximum absolute atomic E-state index is 13.4. The van der Waals surface area contributed by atoms with E-state index in [2.05, 4.69) is 0 Å². The average Bonchev–Trinajstić information content (AvgIpc) is 2.64. The highest BCUT2D eigenvalue weighted by molar-refractivity contribution is 6.13. The fourth-order valence-corrected chi connectivity index (χ4v) is 2.60. The SMILES string of the molecule is CC1=CC(F)C(=O)C2=C1c1ccc(F)cc1C2. The smallest absolute Gasteiger partial charge is 0.197 e. The number of carbonyl (C=O) groups is 1. The Morgan fingerprint density at radius 3 is 2.88 bits per heavy atom. The lowest BCUT2D eigenvalue weighted by molar-refractivity contribution is -0.118. The van der Waals surface area contributed by atoms with E-state index in [1.165, 1.54) is 18.2 Å². The Kier molecular flexibility index (Phi) is 2.05. The van der Waals surface area contributed by atoms with E-state index < -0.39 is 12.0 Å². The molecule has 1 atom stereocenters. The number of rotatable bonds is 0. The predicted octanol–water partition coefficient (Wildman–Crippen LogP) is 3.00. The standard InChI is InChI=1S/C14H10F2O/c1-7-4-12(16)14(17)11-6-8-5-9(15)2-3-10(8)13(7)11/h2-5,12H,6H2,1H3. The van der Waals surface area contributed by atoms with Crippen LogP contribution in [0.4, 0.5) is 8.78 Å². The maximum atomic E-state index is 13.4. The molecular formula is C14H10F2O. The van der Waals surface area contributed by atoms with Crippen molar-refractivity contribution in [2.24, 2.45) is 0 Å². The van der Waals surface area contributed by atoms with Crippen molar-refractivity contribution in [1.82, 2.24) is 0 Å². The van der Waals surface area contributed by atoms with Crippen LogP contribution in [-0.4, -0.2) is 12.0 Å². The largest absolute Gasteiger partial charge is 0.291 e. The van der Waals surface area contributed by atoms with Crippen molar-refractivity contribution in [2.45, 2.75) is 19.5 Å². The summed E-state index contributed by atoms with van der Waals surface area (Å²) in [5.41, 5.74) is 3.66. The van der Waals surface area contributed by atoms with Gasteiger partial charge in [0, 0.05) is 12.0 Å². The zero-order valence-electron chi connectivity index (χ0n) is 9.26. The van der Waals surface area contributed by atoms with Gasteiger partial charge in [0.25, 0.3) is 0 Å². The summed E-state index contributed by atoms with van der Waals surface area (Å²) in [6, 6.07) is 4.45. The minimum atomic E-state index is -1.55. The van der Waals surface area contributed by atoms with Gasteiger partial charge in [0.05, 0.1) is 0 Å². The fourth-order valence-electron chi connectivity index (χ4n) is 2.60. The van der Waals surface area contributed by atoms with Crippen LogP contribution in [0, 0.1) is 5.82 Å². The number of halogens is 2. The second-order valence-corrected chi connectivity index (χ2v) is 4.45. The Morgan fingerprint density at radius 2 is 2.12 bits per heavy atom. The summed E-state index contributed by atoms with van der Waals surface area (Å²) in [4.78, 5) is 11.7. The van der Waals surface area contributed by atoms with E-state index in [0.717, 1.165) is 22.3 Å². The molecular weight excluding hydrogens is 222 g/mol. The molecule has 2 aliphatic carbocycles. The summed E-state index contributed by atoms with van der Waals surface area (Å²) in [6.07, 6.45) is 0.125. The zero-order chi connectivity index (χ0) is 12.2. The maximum Gasteiger partial charge on any atom is 0.197 e. The second kappa shape index (κ2) is 3.36. The molecule has 1 unspecified atom stereocenters. The second-order valence-electron chi connectivity index (χ2n) is 4.45. The van der Waals surface area contributed by atoms with Gasteiger partial charge in [-0.05, 0) is 47.4 Å². The first kappa shape index (κ1) is 10.4. The van der Waals surface area contributed by atoms with Crippen molar-refractivity contribution in [1.29, 1.82) is 0 Å². The number of carbonyl (C=O) groups excluding carboxylic acids is 1. The summed E-state index contributed by atoms with van der Waals surface area (Å²) in [7, 11) is 0. The molecule has 0 heterocycles. The summed E-state index contributed by atoms with van der Waals surface area (Å²) in [5, 5.41) is 0. The van der Waals surface area contributed by atoms with Crippen LogP contribution < -0.4 is 0 Å². The molecule has 0 saturated carbocycles. The number of alkyl halides is 1. The Hall–Kier alpha value is -1.77. The molecule has 0 N–H and O–H groups in total. The van der Waals surface area contributed by atoms with Crippen LogP contribution in [0.15, 0.2) is 35.4 Å². The van der Waals surface area contributed by atoms with Crippen LogP contribution in [0.5, 0.6) is 0 Å². The number of fused-ring (bicyclic) bond motifs is 2. The van der Waals surface area contributed by atoms with Gasteiger partial charge in [0.1, 0.15) is 5.82 Å². The number of Topliss-reactive ketones (excluding diaryl/α,β-unsaturated/α-hetero) is 1. The van der Waals surface area contributed by atoms with Crippen molar-refractivity contribution in [3.63, 3.8) is 0 Å². The number of hydrogen-bond acceptors (Lipinski definition) is 1. The van der Waals surface area contributed by atoms with Gasteiger partial charge in [0.2, 0.25) is 0 Å². The lowest BCUT2D eigenvalue weighted by Crippen LogP contribution is -2.20. The van der Waals surface area contributed by atoms with Crippen molar-refractivity contribution in [2.75, 3.05) is 0 Å². The topological polar surface area (TPSA) is 17.1 Å². The highest BCUT2D eigenvalue weighted by Gasteiger charge is 2.34. The van der Waals surface area contributed by atoms with Crippen LogP contribution in [0.25, 0.3) is 5.57 Å². The first-order valence-corrected chi connectivity index (χ1v) is 5.47. The van der Waals surface area contributed by atoms with Crippen LogP contribution in [0.2, 0.25) is 0 Å². The monoisotopic (exact) mass is 232 g/mol. The third-order valence-corrected chi connectivity index (χ3v) is 3.34. The Bertz CT molecular complexity index is 596. The molecule has 0 fully saturated rings.